The number of benzene rings is 1. The zero-order valence-electron chi connectivity index (χ0n) is 25.1. The first-order valence-electron chi connectivity index (χ1n) is 14.9. The first-order valence-corrected chi connectivity index (χ1v) is 14.9. The molecule has 1 aliphatic rings. The van der Waals surface area contributed by atoms with E-state index in [0.717, 1.165) is 84.7 Å². The number of piperazine rings is 1. The number of fused-ring (bicyclic) bond motifs is 1. The monoisotopic (exact) mass is 570 g/mol. The summed E-state index contributed by atoms with van der Waals surface area (Å²) in [5, 5.41) is 8.39. The Bertz CT molecular complexity index is 1600. The maximum absolute atomic E-state index is 13.7. The maximum Gasteiger partial charge on any atom is 0.253 e. The Morgan fingerprint density at radius 1 is 1.10 bits per heavy atom. The molecule has 5 rings (SSSR count). The van der Waals surface area contributed by atoms with Crippen LogP contribution in [0.1, 0.15) is 60.4 Å². The van der Waals surface area contributed by atoms with Crippen LogP contribution in [0.15, 0.2) is 47.5 Å². The molecule has 0 spiro atoms. The van der Waals surface area contributed by atoms with Crippen molar-refractivity contribution >= 4 is 22.6 Å². The Morgan fingerprint density at radius 2 is 1.88 bits per heavy atom. The maximum atomic E-state index is 13.7. The molecule has 3 aromatic heterocycles. The molecule has 1 fully saturated rings. The normalized spacial score (nSPS) is 14.2. The number of H-pyrrole nitrogens is 1. The summed E-state index contributed by atoms with van der Waals surface area (Å²) in [6.45, 7) is 13.6. The minimum Gasteiger partial charge on any atom is -0.354 e. The van der Waals surface area contributed by atoms with Crippen LogP contribution in [0.25, 0.3) is 22.0 Å². The molecule has 0 radical (unpaired) electrons. The molecule has 1 amide bonds. The summed E-state index contributed by atoms with van der Waals surface area (Å²) in [7, 11) is 0. The van der Waals surface area contributed by atoms with Crippen molar-refractivity contribution in [2.75, 3.05) is 44.2 Å². The van der Waals surface area contributed by atoms with Gasteiger partial charge in [0, 0.05) is 80.3 Å². The quantitative estimate of drug-likeness (QED) is 0.266. The summed E-state index contributed by atoms with van der Waals surface area (Å²) in [5.41, 5.74) is 11.2. The minimum atomic E-state index is -0.243. The van der Waals surface area contributed by atoms with Gasteiger partial charge in [0.15, 0.2) is 0 Å². The van der Waals surface area contributed by atoms with E-state index in [0.29, 0.717) is 17.7 Å². The second-order valence-electron chi connectivity index (χ2n) is 11.4. The first-order chi connectivity index (χ1) is 20.3. The molecule has 0 atom stereocenters. The van der Waals surface area contributed by atoms with E-state index in [2.05, 4.69) is 64.2 Å². The average Bonchev–Trinajstić information content (AvgIpc) is 3.41. The number of aromatic amines is 1. The third-order valence-electron chi connectivity index (χ3n) is 7.98. The van der Waals surface area contributed by atoms with Crippen molar-refractivity contribution in [3.8, 4) is 11.1 Å². The Labute approximate surface area is 246 Å². The third kappa shape index (κ3) is 6.24. The second-order valence-corrected chi connectivity index (χ2v) is 11.4. The number of carbonyl (C=O) groups excluding carboxylic acids is 1. The summed E-state index contributed by atoms with van der Waals surface area (Å²) >= 11 is 0. The topological polar surface area (TPSA) is 125 Å². The number of nitrogens with zero attached hydrogens (tertiary/aromatic N) is 5. The Kier molecular flexibility index (Phi) is 9.03. The van der Waals surface area contributed by atoms with Crippen LogP contribution in [0.5, 0.6) is 0 Å². The molecule has 10 nitrogen and oxygen atoms in total. The van der Waals surface area contributed by atoms with Crippen molar-refractivity contribution in [2.24, 2.45) is 5.73 Å². The number of hydrogen-bond acceptors (Lipinski definition) is 7. The van der Waals surface area contributed by atoms with Crippen molar-refractivity contribution in [3.05, 3.63) is 75.5 Å². The highest BCUT2D eigenvalue weighted by molar-refractivity contribution is 6.08. The SMILES string of the molecule is CCCc1cc(C)[nH]c(=O)c1CNC(=O)c1cc(-c2ccc(N3CCN(CCN)CC3)nc2)cc2c1cnn2C(C)C. The van der Waals surface area contributed by atoms with Crippen molar-refractivity contribution < 1.29 is 4.79 Å². The van der Waals surface area contributed by atoms with Gasteiger partial charge in [0.25, 0.3) is 11.5 Å². The van der Waals surface area contributed by atoms with Gasteiger partial charge in [-0.3, -0.25) is 19.2 Å². The number of rotatable bonds is 10. The number of pyridine rings is 2. The van der Waals surface area contributed by atoms with Gasteiger partial charge in [-0.1, -0.05) is 13.3 Å². The molecule has 1 aromatic carbocycles. The number of nitrogens with two attached hydrogens (primary N) is 1. The highest BCUT2D eigenvalue weighted by Crippen LogP contribution is 2.30. The van der Waals surface area contributed by atoms with Gasteiger partial charge in [0.2, 0.25) is 0 Å². The molecule has 42 heavy (non-hydrogen) atoms. The number of amides is 1. The fourth-order valence-electron chi connectivity index (χ4n) is 5.77. The average molecular weight is 571 g/mol. The Morgan fingerprint density at radius 3 is 2.55 bits per heavy atom. The smallest absolute Gasteiger partial charge is 0.253 e. The van der Waals surface area contributed by atoms with Crippen LogP contribution in [0, 0.1) is 6.92 Å². The van der Waals surface area contributed by atoms with E-state index in [4.69, 9.17) is 10.7 Å². The van der Waals surface area contributed by atoms with E-state index in [9.17, 15) is 9.59 Å². The molecule has 0 aliphatic carbocycles. The molecule has 222 valence electrons. The zero-order chi connectivity index (χ0) is 29.8. The Balaban J connectivity index is 1.43. The molecule has 1 aliphatic heterocycles. The predicted octanol–water partition coefficient (Wildman–Crippen LogP) is 3.64. The van der Waals surface area contributed by atoms with E-state index in [1.807, 2.05) is 29.9 Å². The summed E-state index contributed by atoms with van der Waals surface area (Å²) in [4.78, 5) is 38.8. The number of carbonyl (C=O) groups is 1. The van der Waals surface area contributed by atoms with Gasteiger partial charge in [-0.25, -0.2) is 4.98 Å². The van der Waals surface area contributed by atoms with Gasteiger partial charge in [-0.15, -0.1) is 0 Å². The number of aromatic nitrogens is 4. The minimum absolute atomic E-state index is 0.120. The lowest BCUT2D eigenvalue weighted by Gasteiger charge is -2.35. The van der Waals surface area contributed by atoms with Crippen molar-refractivity contribution in [1.29, 1.82) is 0 Å². The molecule has 1 saturated heterocycles. The van der Waals surface area contributed by atoms with E-state index < -0.39 is 0 Å². The summed E-state index contributed by atoms with van der Waals surface area (Å²) in [5.74, 6) is 0.705. The molecule has 4 aromatic rings. The molecule has 10 heteroatoms. The fraction of sp³-hybridized carbons (Fsp3) is 0.438. The largest absolute Gasteiger partial charge is 0.354 e. The number of hydrogen-bond donors (Lipinski definition) is 3. The Hall–Kier alpha value is -4.02. The van der Waals surface area contributed by atoms with Crippen molar-refractivity contribution in [3.63, 3.8) is 0 Å². The van der Waals surface area contributed by atoms with Crippen LogP contribution in [0.4, 0.5) is 5.82 Å². The zero-order valence-corrected chi connectivity index (χ0v) is 25.1. The van der Waals surface area contributed by atoms with Gasteiger partial charge < -0.3 is 20.9 Å². The number of nitrogens with one attached hydrogen (secondary N) is 2. The molecular formula is C32H42N8O2. The standard InChI is InChI=1S/C32H42N8O2/c1-5-6-23-15-22(4)37-32(42)27(23)19-35-31(41)26-16-25(17-29-28(26)20-36-40(29)21(2)3)24-7-8-30(34-18-24)39-13-11-38(10-9-33)12-14-39/h7-8,15-18,20-21H,5-6,9-14,19,33H2,1-4H3,(H,35,41)(H,37,42). The lowest BCUT2D eigenvalue weighted by Crippen LogP contribution is -2.48. The molecule has 0 bridgehead atoms. The highest BCUT2D eigenvalue weighted by atomic mass is 16.1. The van der Waals surface area contributed by atoms with Gasteiger partial charge in [0.1, 0.15) is 5.82 Å². The molecule has 0 saturated carbocycles. The lowest BCUT2D eigenvalue weighted by atomic mass is 10.00. The van der Waals surface area contributed by atoms with Crippen LogP contribution in [-0.2, 0) is 13.0 Å². The molecule has 0 unspecified atom stereocenters. The molecule has 4 heterocycles. The van der Waals surface area contributed by atoms with Crippen LogP contribution in [0.2, 0.25) is 0 Å². The lowest BCUT2D eigenvalue weighted by molar-refractivity contribution is 0.0952. The third-order valence-corrected chi connectivity index (χ3v) is 7.98. The summed E-state index contributed by atoms with van der Waals surface area (Å²) in [6, 6.07) is 10.2. The van der Waals surface area contributed by atoms with E-state index in [-0.39, 0.29) is 24.1 Å². The molecule has 4 N–H and O–H groups in total. The van der Waals surface area contributed by atoms with Crippen LogP contribution in [0.3, 0.4) is 0 Å². The van der Waals surface area contributed by atoms with E-state index in [1.165, 1.54) is 0 Å². The first kappa shape index (κ1) is 29.5. The number of aryl methyl sites for hydroxylation is 2. The van der Waals surface area contributed by atoms with E-state index in [1.54, 1.807) is 6.20 Å². The van der Waals surface area contributed by atoms with Crippen LogP contribution >= 0.6 is 0 Å². The second kappa shape index (κ2) is 12.9. The predicted molar refractivity (Wildman–Crippen MR) is 168 cm³/mol. The summed E-state index contributed by atoms with van der Waals surface area (Å²) < 4.78 is 1.93. The van der Waals surface area contributed by atoms with Gasteiger partial charge in [-0.05, 0) is 68.7 Å². The van der Waals surface area contributed by atoms with Crippen molar-refractivity contribution in [2.45, 2.75) is 53.1 Å². The van der Waals surface area contributed by atoms with Crippen molar-refractivity contribution in [1.82, 2.24) is 30.0 Å². The van der Waals surface area contributed by atoms with Gasteiger partial charge in [0.05, 0.1) is 17.3 Å². The van der Waals surface area contributed by atoms with Gasteiger partial charge in [-0.2, -0.15) is 5.10 Å². The molecular weight excluding hydrogens is 528 g/mol. The van der Waals surface area contributed by atoms with Gasteiger partial charge >= 0.3 is 0 Å². The summed E-state index contributed by atoms with van der Waals surface area (Å²) in [6.07, 6.45) is 5.33. The van der Waals surface area contributed by atoms with E-state index >= 15 is 0 Å². The van der Waals surface area contributed by atoms with Crippen LogP contribution < -0.4 is 21.5 Å². The fourth-order valence-corrected chi connectivity index (χ4v) is 5.77. The number of anilines is 1. The van der Waals surface area contributed by atoms with Crippen LogP contribution in [-0.4, -0.2) is 69.8 Å². The highest BCUT2D eigenvalue weighted by Gasteiger charge is 2.20.